The van der Waals surface area contributed by atoms with Crippen molar-refractivity contribution in [2.24, 2.45) is 0 Å². The summed E-state index contributed by atoms with van der Waals surface area (Å²) in [5.74, 6) is 0.132. The summed E-state index contributed by atoms with van der Waals surface area (Å²) in [5.41, 5.74) is 2.46. The highest BCUT2D eigenvalue weighted by atomic mass is 19.1. The molecule has 3 nitrogen and oxygen atoms in total. The minimum atomic E-state index is -0.364. The zero-order valence-electron chi connectivity index (χ0n) is 12.0. The second-order valence-electron chi connectivity index (χ2n) is 5.00. The Bertz CT molecular complexity index is 831. The zero-order chi connectivity index (χ0) is 15.5. The molecule has 0 aliphatic carbocycles. The number of benzene rings is 2. The lowest BCUT2D eigenvalue weighted by Gasteiger charge is -2.13. The van der Waals surface area contributed by atoms with E-state index in [4.69, 9.17) is 4.74 Å². The largest absolute Gasteiger partial charge is 0.488 e. The molecule has 0 atom stereocenters. The first-order valence-corrected chi connectivity index (χ1v) is 6.91. The topological polar surface area (TPSA) is 39.2 Å². The van der Waals surface area contributed by atoms with Gasteiger partial charge < -0.3 is 4.74 Å². The van der Waals surface area contributed by atoms with Gasteiger partial charge >= 0.3 is 0 Å². The molecule has 0 N–H and O–H groups in total. The minimum Gasteiger partial charge on any atom is -0.488 e. The molecule has 0 saturated heterocycles. The molecule has 0 aliphatic heterocycles. The molecule has 0 radical (unpaired) electrons. The molecule has 2 aromatic carbocycles. The first-order chi connectivity index (χ1) is 10.7. The molecule has 0 fully saturated rings. The predicted octanol–water partition coefficient (Wildman–Crippen LogP) is 4.07. The molecule has 0 spiro atoms. The summed E-state index contributed by atoms with van der Waals surface area (Å²) >= 11 is 0. The number of halogens is 1. The maximum absolute atomic E-state index is 13.5. The Hall–Kier alpha value is -2.75. The van der Waals surface area contributed by atoms with Crippen molar-refractivity contribution in [3.8, 4) is 5.75 Å². The van der Waals surface area contributed by atoms with Gasteiger partial charge in [0.1, 0.15) is 23.9 Å². The third kappa shape index (κ3) is 2.68. The number of rotatable bonds is 4. The Morgan fingerprint density at radius 1 is 1.18 bits per heavy atom. The maximum atomic E-state index is 13.5. The lowest BCUT2D eigenvalue weighted by molar-refractivity contribution is 0.111. The quantitative estimate of drug-likeness (QED) is 0.681. The summed E-state index contributed by atoms with van der Waals surface area (Å²) < 4.78 is 19.4. The molecule has 0 aliphatic rings. The molecule has 22 heavy (non-hydrogen) atoms. The summed E-state index contributed by atoms with van der Waals surface area (Å²) in [4.78, 5) is 15.4. The Labute approximate surface area is 127 Å². The third-order valence-electron chi connectivity index (χ3n) is 3.51. The van der Waals surface area contributed by atoms with E-state index < -0.39 is 0 Å². The Morgan fingerprint density at radius 3 is 2.68 bits per heavy atom. The number of ether oxygens (including phenoxy) is 1. The van der Waals surface area contributed by atoms with Crippen molar-refractivity contribution in [3.05, 3.63) is 71.2 Å². The van der Waals surface area contributed by atoms with Crippen molar-refractivity contribution in [2.75, 3.05) is 0 Å². The van der Waals surface area contributed by atoms with Crippen LogP contribution in [0.5, 0.6) is 5.75 Å². The van der Waals surface area contributed by atoms with Crippen molar-refractivity contribution in [3.63, 3.8) is 0 Å². The molecule has 0 amide bonds. The van der Waals surface area contributed by atoms with Gasteiger partial charge in [-0.25, -0.2) is 9.37 Å². The van der Waals surface area contributed by atoms with E-state index in [1.54, 1.807) is 13.0 Å². The van der Waals surface area contributed by atoms with Crippen LogP contribution in [0.4, 0.5) is 4.39 Å². The minimum absolute atomic E-state index is 0.308. The van der Waals surface area contributed by atoms with Gasteiger partial charge in [-0.2, -0.15) is 0 Å². The van der Waals surface area contributed by atoms with Gasteiger partial charge in [-0.1, -0.05) is 30.3 Å². The van der Waals surface area contributed by atoms with Gasteiger partial charge in [-0.15, -0.1) is 0 Å². The molecule has 0 unspecified atom stereocenters. The van der Waals surface area contributed by atoms with Crippen LogP contribution in [0, 0.1) is 12.7 Å². The second-order valence-corrected chi connectivity index (χ2v) is 5.00. The summed E-state index contributed by atoms with van der Waals surface area (Å²) in [7, 11) is 0. The number of hydrogen-bond donors (Lipinski definition) is 0. The molecule has 1 aromatic heterocycles. The van der Waals surface area contributed by atoms with Gasteiger partial charge in [0.15, 0.2) is 6.29 Å². The monoisotopic (exact) mass is 295 g/mol. The van der Waals surface area contributed by atoms with E-state index in [0.717, 1.165) is 5.56 Å². The van der Waals surface area contributed by atoms with Gasteiger partial charge in [-0.3, -0.25) is 4.79 Å². The fourth-order valence-electron chi connectivity index (χ4n) is 2.35. The fourth-order valence-corrected chi connectivity index (χ4v) is 2.35. The highest BCUT2D eigenvalue weighted by Gasteiger charge is 2.13. The van der Waals surface area contributed by atoms with Gasteiger partial charge in [0.05, 0.1) is 5.52 Å². The molecular weight excluding hydrogens is 281 g/mol. The van der Waals surface area contributed by atoms with Crippen LogP contribution in [0.3, 0.4) is 0 Å². The van der Waals surface area contributed by atoms with Crippen molar-refractivity contribution in [1.29, 1.82) is 0 Å². The summed E-state index contributed by atoms with van der Waals surface area (Å²) in [5, 5.41) is 0.569. The van der Waals surface area contributed by atoms with Crippen molar-refractivity contribution >= 4 is 17.2 Å². The lowest BCUT2D eigenvalue weighted by Crippen LogP contribution is -2.02. The number of fused-ring (bicyclic) bond motifs is 1. The number of aldehydes is 1. The predicted molar refractivity (Wildman–Crippen MR) is 82.6 cm³/mol. The number of aromatic nitrogens is 1. The third-order valence-corrected chi connectivity index (χ3v) is 3.51. The van der Waals surface area contributed by atoms with Gasteiger partial charge in [0, 0.05) is 10.9 Å². The Morgan fingerprint density at radius 2 is 1.95 bits per heavy atom. The van der Waals surface area contributed by atoms with Crippen LogP contribution in [-0.2, 0) is 6.61 Å². The molecule has 4 heteroatoms. The SMILES string of the molecule is Cc1c(C=O)nc2ccc(F)cc2c1OCc1ccccc1. The molecule has 110 valence electrons. The van der Waals surface area contributed by atoms with Crippen molar-refractivity contribution < 1.29 is 13.9 Å². The molecule has 0 saturated carbocycles. The summed E-state index contributed by atoms with van der Waals surface area (Å²) in [6.45, 7) is 2.09. The van der Waals surface area contributed by atoms with E-state index in [1.165, 1.54) is 12.1 Å². The molecular formula is C18H14FNO2. The first kappa shape index (κ1) is 14.2. The van der Waals surface area contributed by atoms with Gasteiger partial charge in [0.25, 0.3) is 0 Å². The molecule has 0 bridgehead atoms. The van der Waals surface area contributed by atoms with Crippen molar-refractivity contribution in [2.45, 2.75) is 13.5 Å². The first-order valence-electron chi connectivity index (χ1n) is 6.91. The lowest BCUT2D eigenvalue weighted by atomic mass is 10.1. The highest BCUT2D eigenvalue weighted by molar-refractivity contribution is 5.91. The van der Waals surface area contributed by atoms with Gasteiger partial charge in [-0.05, 0) is 30.7 Å². The van der Waals surface area contributed by atoms with Crippen LogP contribution in [-0.4, -0.2) is 11.3 Å². The van der Waals surface area contributed by atoms with Crippen LogP contribution < -0.4 is 4.74 Å². The number of pyridine rings is 1. The average Bonchev–Trinajstić information content (AvgIpc) is 2.54. The number of carbonyl (C=O) groups excluding carboxylic acids is 1. The van der Waals surface area contributed by atoms with E-state index in [2.05, 4.69) is 4.98 Å². The standard InChI is InChI=1S/C18H14FNO2/c1-12-17(10-21)20-16-8-7-14(19)9-15(16)18(12)22-11-13-5-3-2-4-6-13/h2-10H,11H2,1H3. The summed E-state index contributed by atoms with van der Waals surface area (Å²) in [6, 6.07) is 13.9. The Kier molecular flexibility index (Phi) is 3.83. The van der Waals surface area contributed by atoms with Crippen LogP contribution in [0.15, 0.2) is 48.5 Å². The smallest absolute Gasteiger partial charge is 0.168 e. The highest BCUT2D eigenvalue weighted by Crippen LogP contribution is 2.31. The molecule has 1 heterocycles. The number of nitrogens with zero attached hydrogens (tertiary/aromatic N) is 1. The molecule has 3 aromatic rings. The maximum Gasteiger partial charge on any atom is 0.168 e. The van der Waals surface area contributed by atoms with Crippen LogP contribution in [0.2, 0.25) is 0 Å². The fraction of sp³-hybridized carbons (Fsp3) is 0.111. The van der Waals surface area contributed by atoms with E-state index in [-0.39, 0.29) is 5.82 Å². The van der Waals surface area contributed by atoms with E-state index in [1.807, 2.05) is 30.3 Å². The van der Waals surface area contributed by atoms with Crippen molar-refractivity contribution in [1.82, 2.24) is 4.98 Å². The van der Waals surface area contributed by atoms with E-state index >= 15 is 0 Å². The van der Waals surface area contributed by atoms with Crippen LogP contribution in [0.1, 0.15) is 21.6 Å². The second kappa shape index (κ2) is 5.93. The van der Waals surface area contributed by atoms with Crippen LogP contribution >= 0.6 is 0 Å². The zero-order valence-corrected chi connectivity index (χ0v) is 12.0. The average molecular weight is 295 g/mol. The summed E-state index contributed by atoms with van der Waals surface area (Å²) in [6.07, 6.45) is 0.688. The van der Waals surface area contributed by atoms with Crippen LogP contribution in [0.25, 0.3) is 10.9 Å². The number of carbonyl (C=O) groups is 1. The molecule has 3 rings (SSSR count). The number of hydrogen-bond acceptors (Lipinski definition) is 3. The van der Waals surface area contributed by atoms with E-state index in [9.17, 15) is 9.18 Å². The van der Waals surface area contributed by atoms with Gasteiger partial charge in [0.2, 0.25) is 0 Å². The normalized spacial score (nSPS) is 10.6. The Balaban J connectivity index is 2.07. The van der Waals surface area contributed by atoms with E-state index in [0.29, 0.717) is 40.8 Å².